The molecule has 26 heavy (non-hydrogen) atoms. The van der Waals surface area contributed by atoms with Crippen molar-refractivity contribution in [3.05, 3.63) is 64.0 Å². The van der Waals surface area contributed by atoms with Crippen molar-refractivity contribution >= 4 is 37.7 Å². The maximum Gasteiger partial charge on any atom is 0.224 e. The van der Waals surface area contributed by atoms with Crippen molar-refractivity contribution in [3.8, 4) is 5.88 Å². The van der Waals surface area contributed by atoms with Crippen LogP contribution in [0.15, 0.2) is 47.1 Å². The first-order chi connectivity index (χ1) is 12.7. The molecule has 1 N–H and O–H groups in total. The van der Waals surface area contributed by atoms with Gasteiger partial charge in [-0.2, -0.15) is 0 Å². The Balaban J connectivity index is 1.77. The first-order valence-corrected chi connectivity index (χ1v) is 9.65. The van der Waals surface area contributed by atoms with Gasteiger partial charge in [-0.1, -0.05) is 19.1 Å². The summed E-state index contributed by atoms with van der Waals surface area (Å²) >= 11 is 3.69. The molecular formula is C21H20BrN3O. The molecule has 0 unspecified atom stereocenters. The highest BCUT2D eigenvalue weighted by atomic mass is 79.9. The van der Waals surface area contributed by atoms with Gasteiger partial charge in [0.2, 0.25) is 5.88 Å². The molecule has 4 rings (SSSR count). The number of rotatable bonds is 5. The molecule has 132 valence electrons. The molecule has 0 fully saturated rings. The van der Waals surface area contributed by atoms with E-state index in [1.54, 1.807) is 0 Å². The first kappa shape index (κ1) is 17.0. The van der Waals surface area contributed by atoms with Crippen LogP contribution in [0.2, 0.25) is 0 Å². The van der Waals surface area contributed by atoms with E-state index >= 15 is 0 Å². The molecule has 0 radical (unpaired) electrons. The van der Waals surface area contributed by atoms with Crippen LogP contribution in [-0.2, 0) is 12.8 Å². The van der Waals surface area contributed by atoms with Gasteiger partial charge in [0.1, 0.15) is 0 Å². The third-order valence-corrected chi connectivity index (χ3v) is 5.37. The molecule has 0 spiro atoms. The van der Waals surface area contributed by atoms with Gasteiger partial charge in [0, 0.05) is 23.7 Å². The second-order valence-electron chi connectivity index (χ2n) is 6.25. The summed E-state index contributed by atoms with van der Waals surface area (Å²) in [6, 6.07) is 12.5. The summed E-state index contributed by atoms with van der Waals surface area (Å²) in [5.41, 5.74) is 5.43. The third kappa shape index (κ3) is 3.07. The quantitative estimate of drug-likeness (QED) is 0.478. The van der Waals surface area contributed by atoms with Gasteiger partial charge in [-0.15, -0.1) is 0 Å². The Bertz CT molecular complexity index is 1090. The standard InChI is InChI=1S/C21H20BrN3O/c1-3-16-20(22)19-18(25-16)12-15(24-21(19)26-4-2)11-13-7-8-17-14(10-13)6-5-9-23-17/h5-10,12,25H,3-4,11H2,1-2H3. The van der Waals surface area contributed by atoms with Crippen LogP contribution < -0.4 is 4.74 Å². The summed E-state index contributed by atoms with van der Waals surface area (Å²) in [7, 11) is 0. The van der Waals surface area contributed by atoms with Gasteiger partial charge in [0.15, 0.2) is 0 Å². The average molecular weight is 410 g/mol. The summed E-state index contributed by atoms with van der Waals surface area (Å²) in [4.78, 5) is 12.7. The molecule has 5 heteroatoms. The summed E-state index contributed by atoms with van der Waals surface area (Å²) in [6.45, 7) is 4.71. The van der Waals surface area contributed by atoms with Crippen molar-refractivity contribution in [1.82, 2.24) is 15.0 Å². The van der Waals surface area contributed by atoms with Crippen LogP contribution >= 0.6 is 15.9 Å². The van der Waals surface area contributed by atoms with Gasteiger partial charge >= 0.3 is 0 Å². The Hall–Kier alpha value is -2.40. The fourth-order valence-corrected chi connectivity index (χ4v) is 4.03. The summed E-state index contributed by atoms with van der Waals surface area (Å²) in [5.74, 6) is 0.685. The number of ether oxygens (including phenoxy) is 1. The van der Waals surface area contributed by atoms with E-state index in [-0.39, 0.29) is 0 Å². The molecule has 3 aromatic heterocycles. The van der Waals surface area contributed by atoms with E-state index in [0.717, 1.165) is 50.5 Å². The molecule has 0 atom stereocenters. The lowest BCUT2D eigenvalue weighted by molar-refractivity contribution is 0.330. The Morgan fingerprint density at radius 1 is 1.15 bits per heavy atom. The van der Waals surface area contributed by atoms with Crippen molar-refractivity contribution in [2.45, 2.75) is 26.7 Å². The van der Waals surface area contributed by atoms with E-state index in [0.29, 0.717) is 12.5 Å². The minimum atomic E-state index is 0.590. The van der Waals surface area contributed by atoms with Crippen molar-refractivity contribution in [1.29, 1.82) is 0 Å². The number of fused-ring (bicyclic) bond motifs is 2. The number of aromatic amines is 1. The number of halogens is 1. The SMILES string of the molecule is CCOc1nc(Cc2ccc3ncccc3c2)cc2[nH]c(CC)c(Br)c12. The average Bonchev–Trinajstić information content (AvgIpc) is 2.98. The number of aryl methyl sites for hydroxylation is 1. The fraction of sp³-hybridized carbons (Fsp3) is 0.238. The number of nitrogens with one attached hydrogen (secondary N) is 1. The molecule has 0 aliphatic rings. The first-order valence-electron chi connectivity index (χ1n) is 8.86. The zero-order chi connectivity index (χ0) is 18.1. The van der Waals surface area contributed by atoms with E-state index in [4.69, 9.17) is 9.72 Å². The van der Waals surface area contributed by atoms with Crippen LogP contribution in [0.4, 0.5) is 0 Å². The van der Waals surface area contributed by atoms with Crippen molar-refractivity contribution in [2.24, 2.45) is 0 Å². The van der Waals surface area contributed by atoms with Crippen molar-refractivity contribution in [2.75, 3.05) is 6.61 Å². The molecule has 0 aliphatic heterocycles. The Morgan fingerprint density at radius 2 is 2.04 bits per heavy atom. The highest BCUT2D eigenvalue weighted by Gasteiger charge is 2.16. The molecule has 3 heterocycles. The van der Waals surface area contributed by atoms with E-state index in [1.165, 1.54) is 5.56 Å². The van der Waals surface area contributed by atoms with Crippen molar-refractivity contribution in [3.63, 3.8) is 0 Å². The van der Waals surface area contributed by atoms with Crippen LogP contribution in [-0.4, -0.2) is 21.6 Å². The van der Waals surface area contributed by atoms with Crippen LogP contribution in [0.25, 0.3) is 21.8 Å². The maximum absolute atomic E-state index is 5.84. The Labute approximate surface area is 160 Å². The molecule has 1 aromatic carbocycles. The highest BCUT2D eigenvalue weighted by molar-refractivity contribution is 9.10. The number of pyridine rings is 2. The molecule has 0 bridgehead atoms. The maximum atomic E-state index is 5.84. The predicted molar refractivity (Wildman–Crippen MR) is 109 cm³/mol. The number of hydrogen-bond acceptors (Lipinski definition) is 3. The molecule has 0 amide bonds. The largest absolute Gasteiger partial charge is 0.477 e. The van der Waals surface area contributed by atoms with Gasteiger partial charge in [-0.05, 0) is 59.1 Å². The molecule has 4 nitrogen and oxygen atoms in total. The number of nitrogens with zero attached hydrogens (tertiary/aromatic N) is 2. The van der Waals surface area contributed by atoms with Gasteiger partial charge in [-0.3, -0.25) is 4.98 Å². The number of aromatic nitrogens is 3. The van der Waals surface area contributed by atoms with E-state index in [9.17, 15) is 0 Å². The third-order valence-electron chi connectivity index (χ3n) is 4.50. The summed E-state index contributed by atoms with van der Waals surface area (Å²) < 4.78 is 6.89. The molecule has 4 aromatic rings. The fourth-order valence-electron chi connectivity index (χ4n) is 3.27. The second-order valence-corrected chi connectivity index (χ2v) is 7.05. The molecule has 0 saturated carbocycles. The lowest BCUT2D eigenvalue weighted by Crippen LogP contribution is -1.99. The minimum absolute atomic E-state index is 0.590. The number of H-pyrrole nitrogens is 1. The van der Waals surface area contributed by atoms with Crippen LogP contribution in [0.3, 0.4) is 0 Å². The summed E-state index contributed by atoms with van der Waals surface area (Å²) in [5, 5.41) is 2.17. The zero-order valence-electron chi connectivity index (χ0n) is 14.8. The number of hydrogen-bond donors (Lipinski definition) is 1. The Morgan fingerprint density at radius 3 is 2.85 bits per heavy atom. The van der Waals surface area contributed by atoms with Crippen LogP contribution in [0, 0.1) is 0 Å². The van der Waals surface area contributed by atoms with E-state index < -0.39 is 0 Å². The lowest BCUT2D eigenvalue weighted by Gasteiger charge is -2.08. The molecular weight excluding hydrogens is 390 g/mol. The van der Waals surface area contributed by atoms with Gasteiger partial charge in [-0.25, -0.2) is 4.98 Å². The second kappa shape index (κ2) is 7.08. The minimum Gasteiger partial charge on any atom is -0.477 e. The van der Waals surface area contributed by atoms with E-state index in [1.807, 2.05) is 19.2 Å². The Kier molecular flexibility index (Phi) is 4.64. The molecule has 0 saturated heterocycles. The highest BCUT2D eigenvalue weighted by Crippen LogP contribution is 2.35. The summed E-state index contributed by atoms with van der Waals surface area (Å²) in [6.07, 6.45) is 3.49. The van der Waals surface area contributed by atoms with Crippen molar-refractivity contribution < 1.29 is 4.74 Å². The van der Waals surface area contributed by atoms with E-state index in [2.05, 4.69) is 63.2 Å². The van der Waals surface area contributed by atoms with Crippen LogP contribution in [0.5, 0.6) is 5.88 Å². The zero-order valence-corrected chi connectivity index (χ0v) is 16.4. The number of benzene rings is 1. The predicted octanol–water partition coefficient (Wildman–Crippen LogP) is 5.43. The normalized spacial score (nSPS) is 11.3. The van der Waals surface area contributed by atoms with Gasteiger partial charge in [0.25, 0.3) is 0 Å². The van der Waals surface area contributed by atoms with Gasteiger partial charge < -0.3 is 9.72 Å². The van der Waals surface area contributed by atoms with Gasteiger partial charge in [0.05, 0.1) is 33.2 Å². The topological polar surface area (TPSA) is 50.8 Å². The lowest BCUT2D eigenvalue weighted by atomic mass is 10.1. The monoisotopic (exact) mass is 409 g/mol. The van der Waals surface area contributed by atoms with Crippen LogP contribution in [0.1, 0.15) is 30.8 Å². The molecule has 0 aliphatic carbocycles. The smallest absolute Gasteiger partial charge is 0.224 e.